The Hall–Kier alpha value is -1.96. The van der Waals surface area contributed by atoms with Crippen molar-refractivity contribution >= 4 is 34.3 Å². The van der Waals surface area contributed by atoms with Crippen molar-refractivity contribution in [2.24, 2.45) is 0 Å². The highest BCUT2D eigenvalue weighted by molar-refractivity contribution is 8.00. The van der Waals surface area contributed by atoms with Crippen LogP contribution in [0.5, 0.6) is 0 Å². The Balaban J connectivity index is 2.08. The first-order chi connectivity index (χ1) is 9.88. The van der Waals surface area contributed by atoms with Crippen molar-refractivity contribution in [2.75, 3.05) is 18.0 Å². The number of pyridine rings is 1. The van der Waals surface area contributed by atoms with Crippen LogP contribution >= 0.6 is 11.8 Å². The van der Waals surface area contributed by atoms with E-state index >= 15 is 0 Å². The van der Waals surface area contributed by atoms with Gasteiger partial charge in [-0.25, -0.2) is 4.98 Å². The lowest BCUT2D eigenvalue weighted by Crippen LogP contribution is -2.27. The van der Waals surface area contributed by atoms with Crippen molar-refractivity contribution in [1.82, 2.24) is 10.3 Å². The van der Waals surface area contributed by atoms with Crippen LogP contribution in [-0.4, -0.2) is 28.7 Å². The monoisotopic (exact) mass is 315 g/mol. The van der Waals surface area contributed by atoms with E-state index in [2.05, 4.69) is 10.3 Å². The molecule has 0 fully saturated rings. The van der Waals surface area contributed by atoms with Crippen LogP contribution in [0.2, 0.25) is 0 Å². The summed E-state index contributed by atoms with van der Waals surface area (Å²) in [5.74, 6) is -0.411. The molecule has 0 aliphatic heterocycles. The topological polar surface area (TPSA) is 68.0 Å². The van der Waals surface area contributed by atoms with Crippen molar-refractivity contribution in [3.05, 3.63) is 36.0 Å². The largest absolute Gasteiger partial charge is 0.441 e. The molecule has 1 aromatic heterocycles. The molecule has 0 aliphatic rings. The molecule has 0 spiro atoms. The fourth-order valence-corrected chi connectivity index (χ4v) is 2.26. The van der Waals surface area contributed by atoms with E-state index in [1.54, 1.807) is 24.3 Å². The van der Waals surface area contributed by atoms with Gasteiger partial charge in [0.25, 0.3) is 5.91 Å². The fraction of sp³-hybridized carbons (Fsp3) is 0.231. The smallest absolute Gasteiger partial charge is 0.383 e. The van der Waals surface area contributed by atoms with Crippen molar-refractivity contribution < 1.29 is 18.0 Å². The number of benzene rings is 1. The quantitative estimate of drug-likeness (QED) is 0.851. The number of fused-ring (bicyclic) bond motifs is 1. The SMILES string of the molecule is Nc1ncc(C(=O)NCCSC(F)(F)F)c2ccccc12. The van der Waals surface area contributed by atoms with Gasteiger partial charge in [0.1, 0.15) is 5.82 Å². The van der Waals surface area contributed by atoms with Crippen LogP contribution < -0.4 is 11.1 Å². The average Bonchev–Trinajstić information content (AvgIpc) is 2.43. The lowest BCUT2D eigenvalue weighted by atomic mass is 10.1. The third kappa shape index (κ3) is 4.01. The van der Waals surface area contributed by atoms with E-state index in [1.807, 2.05) is 0 Å². The van der Waals surface area contributed by atoms with Crippen LogP contribution in [-0.2, 0) is 0 Å². The Morgan fingerprint density at radius 3 is 2.62 bits per heavy atom. The fourth-order valence-electron chi connectivity index (χ4n) is 1.82. The zero-order valence-corrected chi connectivity index (χ0v) is 11.6. The molecule has 0 aliphatic carbocycles. The summed E-state index contributed by atoms with van der Waals surface area (Å²) in [7, 11) is 0. The number of alkyl halides is 3. The third-order valence-corrected chi connectivity index (χ3v) is 3.46. The molecule has 2 aromatic rings. The molecule has 1 aromatic carbocycles. The summed E-state index contributed by atoms with van der Waals surface area (Å²) in [6.07, 6.45) is 1.32. The van der Waals surface area contributed by atoms with Gasteiger partial charge < -0.3 is 11.1 Å². The number of halogens is 3. The van der Waals surface area contributed by atoms with E-state index in [0.717, 1.165) is 0 Å². The summed E-state index contributed by atoms with van der Waals surface area (Å²) >= 11 is -0.174. The standard InChI is InChI=1S/C13H12F3N3OS/c14-13(15,16)21-6-5-18-12(20)10-7-19-11(17)9-4-2-1-3-8(9)10/h1-4,7H,5-6H2,(H2,17,19)(H,18,20). The van der Waals surface area contributed by atoms with Gasteiger partial charge in [-0.1, -0.05) is 24.3 Å². The van der Waals surface area contributed by atoms with Crippen molar-refractivity contribution in [3.8, 4) is 0 Å². The molecule has 8 heteroatoms. The predicted octanol–water partition coefficient (Wildman–Crippen LogP) is 2.80. The lowest BCUT2D eigenvalue weighted by Gasteiger charge is -2.09. The molecule has 0 unspecified atom stereocenters. The molecule has 0 saturated heterocycles. The Kier molecular flexibility index (Phi) is 4.56. The molecule has 0 radical (unpaired) electrons. The van der Waals surface area contributed by atoms with Gasteiger partial charge in [0, 0.05) is 23.9 Å². The van der Waals surface area contributed by atoms with Crippen LogP contribution in [0.15, 0.2) is 30.5 Å². The minimum absolute atomic E-state index is 0.0816. The van der Waals surface area contributed by atoms with Crippen molar-refractivity contribution in [3.63, 3.8) is 0 Å². The van der Waals surface area contributed by atoms with Gasteiger partial charge in [-0.15, -0.1) is 0 Å². The lowest BCUT2D eigenvalue weighted by molar-refractivity contribution is -0.0327. The number of nitrogen functional groups attached to an aromatic ring is 1. The molecule has 21 heavy (non-hydrogen) atoms. The summed E-state index contributed by atoms with van der Waals surface area (Å²) in [5.41, 5.74) is 1.72. The number of carbonyl (C=O) groups excluding carboxylic acids is 1. The first kappa shape index (κ1) is 15.4. The van der Waals surface area contributed by atoms with E-state index in [4.69, 9.17) is 5.73 Å². The minimum atomic E-state index is -4.29. The maximum Gasteiger partial charge on any atom is 0.441 e. The number of anilines is 1. The maximum atomic E-state index is 12.0. The second-order valence-corrected chi connectivity index (χ2v) is 5.31. The summed E-state index contributed by atoms with van der Waals surface area (Å²) in [5, 5.41) is 3.69. The first-order valence-electron chi connectivity index (χ1n) is 6.00. The number of amides is 1. The number of thioether (sulfide) groups is 1. The van der Waals surface area contributed by atoms with Crippen LogP contribution in [0, 0.1) is 0 Å². The molecule has 112 valence electrons. The number of nitrogens with two attached hydrogens (primary N) is 1. The summed E-state index contributed by atoms with van der Waals surface area (Å²) in [4.78, 5) is 15.9. The Labute approximate surface area is 122 Å². The van der Waals surface area contributed by atoms with Crippen LogP contribution in [0.1, 0.15) is 10.4 Å². The highest BCUT2D eigenvalue weighted by atomic mass is 32.2. The number of rotatable bonds is 4. The van der Waals surface area contributed by atoms with Gasteiger partial charge in [0.2, 0.25) is 0 Å². The molecular formula is C13H12F3N3OS. The van der Waals surface area contributed by atoms with E-state index in [0.29, 0.717) is 16.6 Å². The van der Waals surface area contributed by atoms with E-state index < -0.39 is 11.4 Å². The van der Waals surface area contributed by atoms with Crippen LogP contribution in [0.25, 0.3) is 10.8 Å². The molecule has 2 rings (SSSR count). The summed E-state index contributed by atoms with van der Waals surface area (Å²) < 4.78 is 35.9. The van der Waals surface area contributed by atoms with Gasteiger partial charge in [-0.05, 0) is 17.1 Å². The number of hydrogen-bond acceptors (Lipinski definition) is 4. The van der Waals surface area contributed by atoms with E-state index in [9.17, 15) is 18.0 Å². The predicted molar refractivity (Wildman–Crippen MR) is 77.0 cm³/mol. The average molecular weight is 315 g/mol. The maximum absolute atomic E-state index is 12.0. The van der Waals surface area contributed by atoms with E-state index in [1.165, 1.54) is 6.20 Å². The zero-order chi connectivity index (χ0) is 15.5. The molecule has 1 heterocycles. The second kappa shape index (κ2) is 6.21. The van der Waals surface area contributed by atoms with Gasteiger partial charge >= 0.3 is 5.51 Å². The number of hydrogen-bond donors (Lipinski definition) is 2. The van der Waals surface area contributed by atoms with Crippen LogP contribution in [0.4, 0.5) is 19.0 Å². The molecule has 1 amide bonds. The molecule has 0 bridgehead atoms. The minimum Gasteiger partial charge on any atom is -0.383 e. The Bertz CT molecular complexity index is 661. The highest BCUT2D eigenvalue weighted by Crippen LogP contribution is 2.29. The number of nitrogens with zero attached hydrogens (tertiary/aromatic N) is 1. The molecule has 4 nitrogen and oxygen atoms in total. The zero-order valence-electron chi connectivity index (χ0n) is 10.8. The van der Waals surface area contributed by atoms with Gasteiger partial charge in [-0.2, -0.15) is 13.2 Å². The molecule has 0 atom stereocenters. The molecular weight excluding hydrogens is 303 g/mol. The first-order valence-corrected chi connectivity index (χ1v) is 6.99. The van der Waals surface area contributed by atoms with Gasteiger partial charge in [-0.3, -0.25) is 4.79 Å². The van der Waals surface area contributed by atoms with Crippen molar-refractivity contribution in [2.45, 2.75) is 5.51 Å². The number of carbonyl (C=O) groups is 1. The van der Waals surface area contributed by atoms with Gasteiger partial charge in [0.15, 0.2) is 0 Å². The van der Waals surface area contributed by atoms with Crippen molar-refractivity contribution in [1.29, 1.82) is 0 Å². The highest BCUT2D eigenvalue weighted by Gasteiger charge is 2.27. The summed E-state index contributed by atoms with van der Waals surface area (Å²) in [6, 6.07) is 6.96. The van der Waals surface area contributed by atoms with Gasteiger partial charge in [0.05, 0.1) is 5.56 Å². The summed E-state index contributed by atoms with van der Waals surface area (Å²) in [6.45, 7) is -0.0816. The third-order valence-electron chi connectivity index (χ3n) is 2.72. The second-order valence-electron chi connectivity index (χ2n) is 4.15. The van der Waals surface area contributed by atoms with E-state index in [-0.39, 0.29) is 29.6 Å². The Morgan fingerprint density at radius 2 is 1.95 bits per heavy atom. The Morgan fingerprint density at radius 1 is 1.29 bits per heavy atom. The normalized spacial score (nSPS) is 11.6. The molecule has 3 N–H and O–H groups in total. The number of aromatic nitrogens is 1. The number of nitrogens with one attached hydrogen (secondary N) is 1. The van der Waals surface area contributed by atoms with Crippen LogP contribution in [0.3, 0.4) is 0 Å². The molecule has 0 saturated carbocycles.